The van der Waals surface area contributed by atoms with Crippen LogP contribution in [-0.2, 0) is 0 Å². The van der Waals surface area contributed by atoms with Crippen LogP contribution in [0.5, 0.6) is 0 Å². The maximum Gasteiger partial charge on any atom is 0.0431 e. The maximum atomic E-state index is 8.77. The lowest BCUT2D eigenvalue weighted by atomic mass is 9.87. The number of hydrogen-bond donors (Lipinski definition) is 1. The third kappa shape index (κ3) is 10.8. The van der Waals surface area contributed by atoms with Gasteiger partial charge in [-0.05, 0) is 24.7 Å². The van der Waals surface area contributed by atoms with Gasteiger partial charge >= 0.3 is 0 Å². The molecule has 17 heavy (non-hydrogen) atoms. The average Bonchev–Trinajstić information content (AvgIpc) is 2.33. The molecule has 0 spiro atoms. The monoisotopic (exact) mass is 242 g/mol. The van der Waals surface area contributed by atoms with Crippen LogP contribution in [0.1, 0.15) is 85.0 Å². The van der Waals surface area contributed by atoms with E-state index in [1.807, 2.05) is 0 Å². The molecule has 1 heteroatoms. The van der Waals surface area contributed by atoms with E-state index in [-0.39, 0.29) is 0 Å². The molecule has 0 amide bonds. The van der Waals surface area contributed by atoms with Crippen molar-refractivity contribution < 1.29 is 5.11 Å². The number of hydrogen-bond acceptors (Lipinski definition) is 1. The van der Waals surface area contributed by atoms with Crippen LogP contribution in [0.25, 0.3) is 0 Å². The highest BCUT2D eigenvalue weighted by Gasteiger charge is 2.11. The van der Waals surface area contributed by atoms with Gasteiger partial charge in [0.25, 0.3) is 0 Å². The Labute approximate surface area is 109 Å². The molecule has 0 rings (SSSR count). The molecule has 0 aromatic carbocycles. The highest BCUT2D eigenvalue weighted by atomic mass is 16.2. The summed E-state index contributed by atoms with van der Waals surface area (Å²) in [5, 5.41) is 8.77. The Morgan fingerprint density at radius 2 is 1.59 bits per heavy atom. The van der Waals surface area contributed by atoms with E-state index in [4.69, 9.17) is 5.11 Å². The van der Waals surface area contributed by atoms with Crippen molar-refractivity contribution in [3.8, 4) is 0 Å². The van der Waals surface area contributed by atoms with E-state index in [0.717, 1.165) is 18.3 Å². The highest BCUT2D eigenvalue weighted by Crippen LogP contribution is 2.24. The molecular weight excluding hydrogens is 208 g/mol. The standard InChI is InChI=1S/C16H34O/c1-4-6-7-8-12-16(5-2)14-15(3)11-9-10-13-17/h15-17H,4-14H2,1-3H3. The van der Waals surface area contributed by atoms with Crippen LogP contribution in [0.15, 0.2) is 0 Å². The van der Waals surface area contributed by atoms with Gasteiger partial charge in [-0.1, -0.05) is 72.1 Å². The first-order valence-electron chi connectivity index (χ1n) is 7.85. The molecule has 0 saturated carbocycles. The van der Waals surface area contributed by atoms with E-state index in [2.05, 4.69) is 20.8 Å². The normalized spacial score (nSPS) is 14.8. The summed E-state index contributed by atoms with van der Waals surface area (Å²) in [5.74, 6) is 1.79. The first-order valence-corrected chi connectivity index (χ1v) is 7.85. The maximum absolute atomic E-state index is 8.77. The molecule has 2 unspecified atom stereocenters. The summed E-state index contributed by atoms with van der Waals surface area (Å²) in [6, 6.07) is 0. The molecule has 0 fully saturated rings. The lowest BCUT2D eigenvalue weighted by Gasteiger charge is -2.19. The molecule has 0 radical (unpaired) electrons. The lowest BCUT2D eigenvalue weighted by molar-refractivity contribution is 0.271. The van der Waals surface area contributed by atoms with E-state index in [1.165, 1.54) is 57.8 Å². The van der Waals surface area contributed by atoms with Crippen LogP contribution in [0.4, 0.5) is 0 Å². The van der Waals surface area contributed by atoms with Crippen molar-refractivity contribution >= 4 is 0 Å². The van der Waals surface area contributed by atoms with Crippen LogP contribution in [-0.4, -0.2) is 11.7 Å². The Kier molecular flexibility index (Phi) is 12.4. The molecule has 0 aliphatic carbocycles. The fourth-order valence-electron chi connectivity index (χ4n) is 2.64. The summed E-state index contributed by atoms with van der Waals surface area (Å²) in [6.07, 6.45) is 13.2. The minimum Gasteiger partial charge on any atom is -0.396 e. The molecule has 0 aromatic rings. The van der Waals surface area contributed by atoms with Crippen molar-refractivity contribution in [1.82, 2.24) is 0 Å². The van der Waals surface area contributed by atoms with Crippen molar-refractivity contribution in [2.45, 2.75) is 85.0 Å². The largest absolute Gasteiger partial charge is 0.396 e. The first-order chi connectivity index (χ1) is 8.24. The number of aliphatic hydroxyl groups is 1. The Morgan fingerprint density at radius 1 is 0.882 bits per heavy atom. The summed E-state index contributed by atoms with van der Waals surface area (Å²) in [6.45, 7) is 7.36. The Bertz CT molecular complexity index is 144. The third-order valence-corrected chi connectivity index (χ3v) is 3.88. The van der Waals surface area contributed by atoms with E-state index in [1.54, 1.807) is 0 Å². The topological polar surface area (TPSA) is 20.2 Å². The first kappa shape index (κ1) is 17.0. The second-order valence-corrected chi connectivity index (χ2v) is 5.68. The molecule has 0 heterocycles. The minimum absolute atomic E-state index is 0.362. The predicted octanol–water partition coefficient (Wildman–Crippen LogP) is 5.17. The van der Waals surface area contributed by atoms with Crippen molar-refractivity contribution in [3.63, 3.8) is 0 Å². The fraction of sp³-hybridized carbons (Fsp3) is 1.00. The summed E-state index contributed by atoms with van der Waals surface area (Å²) < 4.78 is 0. The Morgan fingerprint density at radius 3 is 2.18 bits per heavy atom. The van der Waals surface area contributed by atoms with Crippen LogP contribution in [0, 0.1) is 11.8 Å². The van der Waals surface area contributed by atoms with Gasteiger partial charge in [0.2, 0.25) is 0 Å². The van der Waals surface area contributed by atoms with Crippen molar-refractivity contribution in [3.05, 3.63) is 0 Å². The van der Waals surface area contributed by atoms with E-state index in [0.29, 0.717) is 6.61 Å². The molecule has 1 nitrogen and oxygen atoms in total. The van der Waals surface area contributed by atoms with E-state index >= 15 is 0 Å². The Hall–Kier alpha value is -0.0400. The Balaban J connectivity index is 3.56. The fourth-order valence-corrected chi connectivity index (χ4v) is 2.64. The molecule has 0 aliphatic rings. The van der Waals surface area contributed by atoms with Crippen LogP contribution in [0.2, 0.25) is 0 Å². The van der Waals surface area contributed by atoms with Gasteiger partial charge in [0.05, 0.1) is 0 Å². The van der Waals surface area contributed by atoms with E-state index in [9.17, 15) is 0 Å². The van der Waals surface area contributed by atoms with Crippen molar-refractivity contribution in [1.29, 1.82) is 0 Å². The second-order valence-electron chi connectivity index (χ2n) is 5.68. The number of rotatable bonds is 12. The molecule has 104 valence electrons. The van der Waals surface area contributed by atoms with Crippen LogP contribution in [0.3, 0.4) is 0 Å². The van der Waals surface area contributed by atoms with Gasteiger partial charge in [-0.25, -0.2) is 0 Å². The van der Waals surface area contributed by atoms with Gasteiger partial charge in [-0.3, -0.25) is 0 Å². The lowest BCUT2D eigenvalue weighted by Crippen LogP contribution is -2.06. The summed E-state index contributed by atoms with van der Waals surface area (Å²) in [4.78, 5) is 0. The second kappa shape index (κ2) is 12.4. The summed E-state index contributed by atoms with van der Waals surface area (Å²) >= 11 is 0. The molecule has 2 atom stereocenters. The molecular formula is C16H34O. The quantitative estimate of drug-likeness (QED) is 0.468. The van der Waals surface area contributed by atoms with Gasteiger partial charge in [0, 0.05) is 6.61 Å². The van der Waals surface area contributed by atoms with Gasteiger partial charge in [0.15, 0.2) is 0 Å². The minimum atomic E-state index is 0.362. The smallest absolute Gasteiger partial charge is 0.0431 e. The number of unbranched alkanes of at least 4 members (excludes halogenated alkanes) is 4. The van der Waals surface area contributed by atoms with Crippen molar-refractivity contribution in [2.75, 3.05) is 6.61 Å². The SMILES string of the molecule is CCCCCCC(CC)CC(C)CCCCO. The zero-order chi connectivity index (χ0) is 12.9. The highest BCUT2D eigenvalue weighted by molar-refractivity contribution is 4.63. The van der Waals surface area contributed by atoms with Gasteiger partial charge in [0.1, 0.15) is 0 Å². The zero-order valence-corrected chi connectivity index (χ0v) is 12.4. The van der Waals surface area contributed by atoms with Gasteiger partial charge in [-0.15, -0.1) is 0 Å². The molecule has 1 N–H and O–H groups in total. The van der Waals surface area contributed by atoms with Crippen LogP contribution >= 0.6 is 0 Å². The summed E-state index contributed by atoms with van der Waals surface area (Å²) in [5.41, 5.74) is 0. The van der Waals surface area contributed by atoms with Gasteiger partial charge < -0.3 is 5.11 Å². The molecule has 0 bridgehead atoms. The summed E-state index contributed by atoms with van der Waals surface area (Å²) in [7, 11) is 0. The average molecular weight is 242 g/mol. The van der Waals surface area contributed by atoms with Crippen molar-refractivity contribution in [2.24, 2.45) is 11.8 Å². The van der Waals surface area contributed by atoms with E-state index < -0.39 is 0 Å². The zero-order valence-electron chi connectivity index (χ0n) is 12.4. The molecule has 0 aromatic heterocycles. The number of aliphatic hydroxyl groups excluding tert-OH is 1. The molecule has 0 saturated heterocycles. The predicted molar refractivity (Wildman–Crippen MR) is 77.3 cm³/mol. The van der Waals surface area contributed by atoms with Crippen LogP contribution < -0.4 is 0 Å². The third-order valence-electron chi connectivity index (χ3n) is 3.88. The van der Waals surface area contributed by atoms with Gasteiger partial charge in [-0.2, -0.15) is 0 Å². The molecule has 0 aliphatic heterocycles.